The first kappa shape index (κ1) is 25.5. The molecular weight excluding hydrogens is 485 g/mol. The molecule has 36 heavy (non-hydrogen) atoms. The lowest BCUT2D eigenvalue weighted by atomic mass is 10.0. The smallest absolute Gasteiger partial charge is 0.251 e. The van der Waals surface area contributed by atoms with Crippen molar-refractivity contribution in [3.8, 4) is 0 Å². The maximum Gasteiger partial charge on any atom is 0.251 e. The third-order valence-electron chi connectivity index (χ3n) is 5.69. The van der Waals surface area contributed by atoms with E-state index in [-0.39, 0.29) is 22.9 Å². The lowest BCUT2D eigenvalue weighted by molar-refractivity contribution is -0.118. The second kappa shape index (κ2) is 11.4. The van der Waals surface area contributed by atoms with Gasteiger partial charge in [0.25, 0.3) is 5.91 Å². The van der Waals surface area contributed by atoms with Crippen LogP contribution in [0, 0.1) is 5.82 Å². The summed E-state index contributed by atoms with van der Waals surface area (Å²) in [5.41, 5.74) is 1.43. The van der Waals surface area contributed by atoms with Gasteiger partial charge in [0.05, 0.1) is 11.5 Å². The minimum Gasteiger partial charge on any atom is -0.380 e. The van der Waals surface area contributed by atoms with Crippen LogP contribution in [0.4, 0.5) is 10.1 Å². The number of anilines is 1. The first-order valence-electron chi connectivity index (χ1n) is 11.4. The van der Waals surface area contributed by atoms with Crippen LogP contribution in [0.1, 0.15) is 22.3 Å². The highest BCUT2D eigenvalue weighted by Crippen LogP contribution is 2.17. The van der Waals surface area contributed by atoms with Gasteiger partial charge < -0.3 is 15.4 Å². The Hall–Kier alpha value is -3.60. The van der Waals surface area contributed by atoms with Gasteiger partial charge in [0, 0.05) is 30.3 Å². The van der Waals surface area contributed by atoms with Gasteiger partial charge >= 0.3 is 0 Å². The van der Waals surface area contributed by atoms with Gasteiger partial charge in [0.15, 0.2) is 0 Å². The van der Waals surface area contributed by atoms with Crippen molar-refractivity contribution in [2.45, 2.75) is 29.8 Å². The summed E-state index contributed by atoms with van der Waals surface area (Å²) in [7, 11) is -3.72. The highest BCUT2D eigenvalue weighted by atomic mass is 32.2. The molecule has 1 fully saturated rings. The third kappa shape index (κ3) is 6.75. The van der Waals surface area contributed by atoms with E-state index in [4.69, 9.17) is 4.74 Å². The summed E-state index contributed by atoms with van der Waals surface area (Å²) in [5, 5.41) is 5.44. The van der Waals surface area contributed by atoms with E-state index >= 15 is 0 Å². The van der Waals surface area contributed by atoms with Crippen LogP contribution >= 0.6 is 0 Å². The number of carbonyl (C=O) groups excluding carboxylic acids is 2. The van der Waals surface area contributed by atoms with Crippen LogP contribution in [0.3, 0.4) is 0 Å². The maximum absolute atomic E-state index is 13.2. The van der Waals surface area contributed by atoms with E-state index in [0.29, 0.717) is 25.3 Å². The molecule has 1 heterocycles. The number of sulfonamides is 1. The quantitative estimate of drug-likeness (QED) is 0.409. The lowest BCUT2D eigenvalue weighted by Gasteiger charge is -2.19. The fraction of sp³-hybridized carbons (Fsp3) is 0.231. The topological polar surface area (TPSA) is 114 Å². The van der Waals surface area contributed by atoms with Crippen LogP contribution in [0.25, 0.3) is 0 Å². The summed E-state index contributed by atoms with van der Waals surface area (Å²) in [6.07, 6.45) is 0.833. The van der Waals surface area contributed by atoms with Crippen LogP contribution in [0.2, 0.25) is 0 Å². The molecule has 8 nitrogen and oxygen atoms in total. The number of benzene rings is 3. The highest BCUT2D eigenvalue weighted by Gasteiger charge is 2.25. The Kier molecular flexibility index (Phi) is 8.09. The average molecular weight is 512 g/mol. The fourth-order valence-electron chi connectivity index (χ4n) is 3.76. The first-order chi connectivity index (χ1) is 17.3. The van der Waals surface area contributed by atoms with E-state index in [9.17, 15) is 22.4 Å². The van der Waals surface area contributed by atoms with Crippen LogP contribution < -0.4 is 15.4 Å². The van der Waals surface area contributed by atoms with Gasteiger partial charge in [0.1, 0.15) is 11.9 Å². The monoisotopic (exact) mass is 511 g/mol. The zero-order valence-corrected chi connectivity index (χ0v) is 20.1. The molecule has 0 saturated carbocycles. The maximum atomic E-state index is 13.2. The zero-order chi connectivity index (χ0) is 25.5. The molecule has 1 aliphatic rings. The molecule has 0 spiro atoms. The normalized spacial score (nSPS) is 16.3. The molecule has 2 atom stereocenters. The lowest BCUT2D eigenvalue weighted by Crippen LogP contribution is -2.45. The Bertz CT molecular complexity index is 1290. The van der Waals surface area contributed by atoms with E-state index in [0.717, 1.165) is 5.56 Å². The minimum absolute atomic E-state index is 0.0675. The second-order valence-corrected chi connectivity index (χ2v) is 10.1. The molecular formula is C26H26FN3O5S. The molecule has 3 aromatic carbocycles. The number of halogens is 1. The molecule has 0 aromatic heterocycles. The number of ether oxygens (including phenoxy) is 1. The Balaban J connectivity index is 1.46. The van der Waals surface area contributed by atoms with Crippen molar-refractivity contribution in [1.29, 1.82) is 0 Å². The van der Waals surface area contributed by atoms with Crippen molar-refractivity contribution in [2.75, 3.05) is 18.5 Å². The summed E-state index contributed by atoms with van der Waals surface area (Å²) in [6.45, 7) is 0.847. The number of hydrogen-bond acceptors (Lipinski definition) is 5. The molecule has 1 aliphatic heterocycles. The number of hydrogen-bond donors (Lipinski definition) is 3. The number of rotatable bonds is 9. The summed E-state index contributed by atoms with van der Waals surface area (Å²) >= 11 is 0. The molecule has 188 valence electrons. The second-order valence-electron chi connectivity index (χ2n) is 8.42. The van der Waals surface area contributed by atoms with Crippen LogP contribution in [0.15, 0.2) is 83.8 Å². The molecule has 0 radical (unpaired) electrons. The number of nitrogens with one attached hydrogen (secondary N) is 3. The summed E-state index contributed by atoms with van der Waals surface area (Å²) in [4.78, 5) is 25.9. The van der Waals surface area contributed by atoms with E-state index in [2.05, 4.69) is 15.4 Å². The Morgan fingerprint density at radius 1 is 0.972 bits per heavy atom. The molecule has 4 rings (SSSR count). The van der Waals surface area contributed by atoms with Crippen molar-refractivity contribution in [2.24, 2.45) is 0 Å². The molecule has 10 heteroatoms. The van der Waals surface area contributed by atoms with Gasteiger partial charge in [0.2, 0.25) is 15.9 Å². The van der Waals surface area contributed by atoms with Gasteiger partial charge in [-0.05, 0) is 60.5 Å². The van der Waals surface area contributed by atoms with Crippen LogP contribution in [0.5, 0.6) is 0 Å². The molecule has 3 aromatic rings. The average Bonchev–Trinajstić information content (AvgIpc) is 3.37. The van der Waals surface area contributed by atoms with Crippen molar-refractivity contribution in [3.05, 3.63) is 95.8 Å². The van der Waals surface area contributed by atoms with Gasteiger partial charge in [-0.15, -0.1) is 0 Å². The highest BCUT2D eigenvalue weighted by molar-refractivity contribution is 7.89. The molecule has 0 aliphatic carbocycles. The zero-order valence-electron chi connectivity index (χ0n) is 19.3. The van der Waals surface area contributed by atoms with E-state index in [1.165, 1.54) is 48.5 Å². The van der Waals surface area contributed by atoms with Crippen LogP contribution in [-0.4, -0.2) is 45.5 Å². The third-order valence-corrected chi connectivity index (χ3v) is 7.23. The fourth-order valence-corrected chi connectivity index (χ4v) is 5.02. The Morgan fingerprint density at radius 2 is 1.67 bits per heavy atom. The van der Waals surface area contributed by atoms with Crippen LogP contribution in [-0.2, 0) is 26.0 Å². The largest absolute Gasteiger partial charge is 0.380 e. The van der Waals surface area contributed by atoms with Crippen molar-refractivity contribution in [3.63, 3.8) is 0 Å². The van der Waals surface area contributed by atoms with Gasteiger partial charge in [-0.1, -0.05) is 30.3 Å². The predicted molar refractivity (Wildman–Crippen MR) is 132 cm³/mol. The van der Waals surface area contributed by atoms with E-state index < -0.39 is 33.7 Å². The molecule has 1 saturated heterocycles. The molecule has 3 N–H and O–H groups in total. The molecule has 0 bridgehead atoms. The molecule has 0 unspecified atom stereocenters. The number of carbonyl (C=O) groups is 2. The summed E-state index contributed by atoms with van der Waals surface area (Å²) < 4.78 is 46.2. The standard InChI is InChI=1S/C26H26FN3O5S/c27-20-8-6-19(7-9-20)25(31)29-24(16-18-4-2-1-3-5-18)26(32)28-21-10-12-23(13-11-21)36(33,34)30-22-14-15-35-17-22/h1-13,22,24,30H,14-17H2,(H,28,32)(H,29,31)/t22-,24+/m1/s1. The molecule has 2 amide bonds. The summed E-state index contributed by atoms with van der Waals surface area (Å²) in [5.74, 6) is -1.47. The minimum atomic E-state index is -3.72. The van der Waals surface area contributed by atoms with E-state index in [1.54, 1.807) is 0 Å². The Labute approximate surface area is 208 Å². The van der Waals surface area contributed by atoms with Crippen molar-refractivity contribution in [1.82, 2.24) is 10.0 Å². The van der Waals surface area contributed by atoms with Gasteiger partial charge in [-0.25, -0.2) is 17.5 Å². The number of amides is 2. The first-order valence-corrected chi connectivity index (χ1v) is 12.9. The SMILES string of the molecule is O=C(N[C@@H](Cc1ccccc1)C(=O)Nc1ccc(S(=O)(=O)N[C@@H]2CCOC2)cc1)c1ccc(F)cc1. The van der Waals surface area contributed by atoms with Crippen molar-refractivity contribution < 1.29 is 27.1 Å². The van der Waals surface area contributed by atoms with Gasteiger partial charge in [-0.2, -0.15) is 0 Å². The summed E-state index contributed by atoms with van der Waals surface area (Å²) in [6, 6.07) is 18.8. The van der Waals surface area contributed by atoms with E-state index in [1.807, 2.05) is 30.3 Å². The Morgan fingerprint density at radius 3 is 2.31 bits per heavy atom. The van der Waals surface area contributed by atoms with Gasteiger partial charge in [-0.3, -0.25) is 9.59 Å². The van der Waals surface area contributed by atoms with Crippen molar-refractivity contribution >= 4 is 27.5 Å². The predicted octanol–water partition coefficient (Wildman–Crippen LogP) is 2.87.